The molecular weight excluding hydrogens is 731 g/mol. The van der Waals surface area contributed by atoms with Crippen LogP contribution in [0.15, 0.2) is 72.8 Å². The van der Waals surface area contributed by atoms with Crippen molar-refractivity contribution in [2.24, 2.45) is 11.7 Å². The molecule has 0 fully saturated rings. The number of hydrogen-bond acceptors (Lipinski definition) is 9. The van der Waals surface area contributed by atoms with Crippen LogP contribution in [0.2, 0.25) is 0 Å². The molecule has 1 aliphatic heterocycles. The minimum absolute atomic E-state index is 0.0197. The van der Waals surface area contributed by atoms with Crippen LogP contribution in [0.1, 0.15) is 85.4 Å². The molecule has 306 valence electrons. The van der Waals surface area contributed by atoms with E-state index in [0.29, 0.717) is 35.5 Å². The smallest absolute Gasteiger partial charge is 0.415 e. The number of rotatable bonds is 13. The first-order valence-electron chi connectivity index (χ1n) is 19.1. The Morgan fingerprint density at radius 1 is 0.860 bits per heavy atom. The number of ether oxygens (including phenoxy) is 2. The van der Waals surface area contributed by atoms with Crippen molar-refractivity contribution in [1.29, 1.82) is 0 Å². The minimum Gasteiger partial charge on any atom is -0.444 e. The van der Waals surface area contributed by atoms with E-state index in [9.17, 15) is 28.8 Å². The second-order valence-corrected chi connectivity index (χ2v) is 15.3. The van der Waals surface area contributed by atoms with Gasteiger partial charge in [0.05, 0.1) is 12.6 Å². The molecule has 4 atom stereocenters. The summed E-state index contributed by atoms with van der Waals surface area (Å²) in [5, 5.41) is 10.7. The fourth-order valence-electron chi connectivity index (χ4n) is 6.39. The number of nitrogens with two attached hydrogens (primary N) is 1. The number of hydrogen-bond donors (Lipinski definition) is 5. The van der Waals surface area contributed by atoms with Crippen LogP contribution in [0.25, 0.3) is 0 Å². The highest BCUT2D eigenvalue weighted by molar-refractivity contribution is 5.99. The summed E-state index contributed by atoms with van der Waals surface area (Å²) in [4.78, 5) is 80.7. The summed E-state index contributed by atoms with van der Waals surface area (Å²) in [5.74, 6) is -1.66. The number of anilines is 4. The molecule has 0 saturated heterocycles. The number of nitrogens with one attached hydrogen (secondary N) is 4. The number of benzene rings is 3. The van der Waals surface area contributed by atoms with E-state index in [1.807, 2.05) is 38.1 Å². The van der Waals surface area contributed by atoms with Crippen LogP contribution in [0.5, 0.6) is 0 Å². The highest BCUT2D eigenvalue weighted by Gasteiger charge is 2.39. The third kappa shape index (κ3) is 11.8. The fourth-order valence-corrected chi connectivity index (χ4v) is 6.39. The summed E-state index contributed by atoms with van der Waals surface area (Å²) < 4.78 is 11.2. The number of alkyl carbamates (subject to hydrolysis) is 1. The van der Waals surface area contributed by atoms with Crippen molar-refractivity contribution in [3.63, 3.8) is 0 Å². The van der Waals surface area contributed by atoms with E-state index >= 15 is 0 Å². The Labute approximate surface area is 334 Å². The van der Waals surface area contributed by atoms with E-state index in [1.54, 1.807) is 92.9 Å². The van der Waals surface area contributed by atoms with Crippen LogP contribution in [0.4, 0.5) is 32.3 Å². The average Bonchev–Trinajstić information content (AvgIpc) is 3.16. The Hall–Kier alpha value is -5.96. The summed E-state index contributed by atoms with van der Waals surface area (Å²) >= 11 is 0. The topological polar surface area (TPSA) is 202 Å². The summed E-state index contributed by atoms with van der Waals surface area (Å²) in [6.07, 6.45) is -0.591. The molecule has 4 rings (SSSR count). The van der Waals surface area contributed by atoms with E-state index in [0.717, 1.165) is 11.3 Å². The molecule has 57 heavy (non-hydrogen) atoms. The second-order valence-electron chi connectivity index (χ2n) is 15.3. The molecule has 0 aliphatic carbocycles. The molecule has 0 bridgehead atoms. The SMILES string of the molecule is CCC(=O)N1c2ccccc2[C@H](N(C(=O)OCc2ccc(NC(=O)[C@H](C)NC(=O)[C@@H](NC(=O)OC(C)(C)C)C(C)C)cc2)c2ccc(NC(=O)CN)cc2)C[C@@H]1C. The number of nitrogens with zero attached hydrogens (tertiary/aromatic N) is 2. The lowest BCUT2D eigenvalue weighted by atomic mass is 9.90. The Kier molecular flexibility index (Phi) is 14.8. The first kappa shape index (κ1) is 43.8. The van der Waals surface area contributed by atoms with Gasteiger partial charge in [0, 0.05) is 35.2 Å². The Morgan fingerprint density at radius 3 is 2.07 bits per heavy atom. The number of carbonyl (C=O) groups is 6. The van der Waals surface area contributed by atoms with Gasteiger partial charge in [-0.15, -0.1) is 0 Å². The highest BCUT2D eigenvalue weighted by Crippen LogP contribution is 2.43. The van der Waals surface area contributed by atoms with E-state index in [2.05, 4.69) is 21.3 Å². The predicted octanol–water partition coefficient (Wildman–Crippen LogP) is 6.00. The maximum absolute atomic E-state index is 14.1. The molecule has 0 radical (unpaired) electrons. The molecule has 0 unspecified atom stereocenters. The van der Waals surface area contributed by atoms with Crippen molar-refractivity contribution in [3.8, 4) is 0 Å². The molecule has 15 nitrogen and oxygen atoms in total. The zero-order chi connectivity index (χ0) is 42.0. The van der Waals surface area contributed by atoms with Gasteiger partial charge in [0.1, 0.15) is 24.3 Å². The Balaban J connectivity index is 1.46. The normalized spacial score (nSPS) is 16.0. The van der Waals surface area contributed by atoms with Crippen molar-refractivity contribution in [2.75, 3.05) is 27.0 Å². The number of amides is 6. The summed E-state index contributed by atoms with van der Waals surface area (Å²) in [7, 11) is 0. The molecular formula is C42H55N7O8. The van der Waals surface area contributed by atoms with Gasteiger partial charge in [0.2, 0.25) is 23.6 Å². The van der Waals surface area contributed by atoms with Crippen LogP contribution >= 0.6 is 0 Å². The minimum atomic E-state index is -0.934. The second kappa shape index (κ2) is 19.3. The van der Waals surface area contributed by atoms with Gasteiger partial charge in [-0.25, -0.2) is 9.59 Å². The van der Waals surface area contributed by atoms with E-state index in [-0.39, 0.29) is 36.9 Å². The van der Waals surface area contributed by atoms with Gasteiger partial charge in [0.15, 0.2) is 0 Å². The van der Waals surface area contributed by atoms with Gasteiger partial charge in [0.25, 0.3) is 0 Å². The van der Waals surface area contributed by atoms with Crippen LogP contribution in [0.3, 0.4) is 0 Å². The molecule has 1 heterocycles. The number of carbonyl (C=O) groups excluding carboxylic acids is 6. The third-order valence-corrected chi connectivity index (χ3v) is 9.21. The lowest BCUT2D eigenvalue weighted by Gasteiger charge is -2.43. The zero-order valence-corrected chi connectivity index (χ0v) is 33.9. The van der Waals surface area contributed by atoms with E-state index < -0.39 is 47.7 Å². The summed E-state index contributed by atoms with van der Waals surface area (Å²) in [5.41, 5.74) is 8.36. The molecule has 0 spiro atoms. The van der Waals surface area contributed by atoms with Gasteiger partial charge < -0.3 is 41.4 Å². The molecule has 0 aromatic heterocycles. The molecule has 6 N–H and O–H groups in total. The van der Waals surface area contributed by atoms with Gasteiger partial charge in [-0.05, 0) is 101 Å². The monoisotopic (exact) mass is 785 g/mol. The van der Waals surface area contributed by atoms with Crippen molar-refractivity contribution in [2.45, 2.75) is 105 Å². The fraction of sp³-hybridized carbons (Fsp3) is 0.429. The number of fused-ring (bicyclic) bond motifs is 1. The lowest BCUT2D eigenvalue weighted by molar-refractivity contribution is -0.128. The van der Waals surface area contributed by atoms with Crippen LogP contribution < -0.4 is 36.8 Å². The molecule has 3 aromatic rings. The van der Waals surface area contributed by atoms with E-state index in [1.165, 1.54) is 6.92 Å². The van der Waals surface area contributed by atoms with E-state index in [4.69, 9.17) is 15.2 Å². The Morgan fingerprint density at radius 2 is 1.47 bits per heavy atom. The highest BCUT2D eigenvalue weighted by atomic mass is 16.6. The first-order chi connectivity index (χ1) is 26.9. The standard InChI is InChI=1S/C42H55N7O8/c1-9-36(51)48-26(4)22-34(32-12-10-11-13-33(32)48)49(31-20-18-29(19-21-31)45-35(50)23-43)41(55)56-24-28-14-16-30(17-15-28)46-38(52)27(5)44-39(53)37(25(2)3)47-40(54)57-42(6,7)8/h10-21,25-27,34,37H,9,22-24,43H2,1-8H3,(H,44,53)(H,45,50)(H,46,52)(H,47,54)/t26-,27-,34+,37-/m0/s1. The average molecular weight is 786 g/mol. The lowest BCUT2D eigenvalue weighted by Crippen LogP contribution is -2.54. The van der Waals surface area contributed by atoms with Gasteiger partial charge in [-0.2, -0.15) is 0 Å². The molecule has 6 amide bonds. The van der Waals surface area contributed by atoms with Crippen LogP contribution in [-0.2, 0) is 35.3 Å². The maximum atomic E-state index is 14.1. The largest absolute Gasteiger partial charge is 0.444 e. The van der Waals surface area contributed by atoms with Crippen molar-refractivity contribution >= 4 is 58.6 Å². The third-order valence-electron chi connectivity index (χ3n) is 9.21. The molecule has 15 heteroatoms. The van der Waals surface area contributed by atoms with Crippen molar-refractivity contribution < 1.29 is 38.2 Å². The summed E-state index contributed by atoms with van der Waals surface area (Å²) in [6, 6.07) is 18.4. The molecule has 0 saturated carbocycles. The van der Waals surface area contributed by atoms with Crippen molar-refractivity contribution in [3.05, 3.63) is 83.9 Å². The van der Waals surface area contributed by atoms with Crippen molar-refractivity contribution in [1.82, 2.24) is 10.6 Å². The Bertz CT molecular complexity index is 1910. The van der Waals surface area contributed by atoms with Crippen LogP contribution in [-0.4, -0.2) is 66.1 Å². The maximum Gasteiger partial charge on any atom is 0.415 e. The predicted molar refractivity (Wildman–Crippen MR) is 219 cm³/mol. The van der Waals surface area contributed by atoms with Gasteiger partial charge in [-0.3, -0.25) is 24.1 Å². The molecule has 3 aromatic carbocycles. The molecule has 1 aliphatic rings. The van der Waals surface area contributed by atoms with Gasteiger partial charge in [-0.1, -0.05) is 51.1 Å². The quantitative estimate of drug-likeness (QED) is 0.138. The van der Waals surface area contributed by atoms with Crippen LogP contribution in [0, 0.1) is 5.92 Å². The zero-order valence-electron chi connectivity index (χ0n) is 33.9. The van der Waals surface area contributed by atoms with Gasteiger partial charge >= 0.3 is 12.2 Å². The first-order valence-corrected chi connectivity index (χ1v) is 19.1. The number of para-hydroxylation sites is 1. The summed E-state index contributed by atoms with van der Waals surface area (Å²) in [6.45, 7) is 13.7.